The van der Waals surface area contributed by atoms with Crippen molar-refractivity contribution in [2.24, 2.45) is 0 Å². The molecule has 1 aromatic carbocycles. The number of carbonyl (C=O) groups excluding carboxylic acids is 1. The van der Waals surface area contributed by atoms with E-state index in [0.29, 0.717) is 25.2 Å². The molecule has 1 heterocycles. The monoisotopic (exact) mass is 325 g/mol. The van der Waals surface area contributed by atoms with E-state index in [2.05, 4.69) is 10.0 Å². The maximum atomic E-state index is 12.7. The number of carbonyl (C=O) groups is 1. The number of hydrogen-bond acceptors (Lipinski definition) is 4. The van der Waals surface area contributed by atoms with E-state index in [0.717, 1.165) is 12.1 Å². The lowest BCUT2D eigenvalue weighted by molar-refractivity contribution is 0.0708. The Hall–Kier alpha value is -1.44. The predicted octanol–water partition coefficient (Wildman–Crippen LogP) is 0.727. The van der Waals surface area contributed by atoms with Gasteiger partial charge >= 0.3 is 0 Å². The predicted molar refractivity (Wildman–Crippen MR) is 85.4 cm³/mol. The van der Waals surface area contributed by atoms with E-state index in [4.69, 9.17) is 0 Å². The highest BCUT2D eigenvalue weighted by Gasteiger charge is 2.24. The summed E-state index contributed by atoms with van der Waals surface area (Å²) in [5.74, 6) is -0.112. The molecular formula is C15H23N3O3S. The molecule has 6 nitrogen and oxygen atoms in total. The second kappa shape index (κ2) is 6.76. The Bertz CT molecular complexity index is 658. The van der Waals surface area contributed by atoms with Gasteiger partial charge in [0.25, 0.3) is 5.91 Å². The van der Waals surface area contributed by atoms with Gasteiger partial charge in [-0.25, -0.2) is 13.1 Å². The quantitative estimate of drug-likeness (QED) is 0.855. The Kier molecular flexibility index (Phi) is 5.20. The molecule has 1 amide bonds. The number of rotatable bonds is 4. The molecule has 2 rings (SSSR count). The van der Waals surface area contributed by atoms with Crippen LogP contribution in [0.15, 0.2) is 23.1 Å². The number of benzene rings is 1. The molecule has 2 N–H and O–H groups in total. The van der Waals surface area contributed by atoms with Crippen LogP contribution in [-0.2, 0) is 10.0 Å². The average Bonchev–Trinajstić information content (AvgIpc) is 2.46. The zero-order chi connectivity index (χ0) is 16.3. The van der Waals surface area contributed by atoms with Crippen LogP contribution < -0.4 is 10.0 Å². The third-order valence-corrected chi connectivity index (χ3v) is 5.28. The minimum atomic E-state index is -3.56. The highest BCUT2D eigenvalue weighted by atomic mass is 32.2. The first-order valence-corrected chi connectivity index (χ1v) is 8.96. The Morgan fingerprint density at radius 1 is 1.45 bits per heavy atom. The molecule has 1 fully saturated rings. The minimum Gasteiger partial charge on any atom is -0.336 e. The number of hydrogen-bond donors (Lipinski definition) is 2. The third-order valence-electron chi connectivity index (χ3n) is 3.74. The molecule has 122 valence electrons. The normalized spacial score (nSPS) is 19.2. The van der Waals surface area contributed by atoms with Crippen molar-refractivity contribution in [3.05, 3.63) is 29.3 Å². The molecule has 0 bridgehead atoms. The van der Waals surface area contributed by atoms with E-state index in [9.17, 15) is 13.2 Å². The molecule has 22 heavy (non-hydrogen) atoms. The number of amides is 1. The van der Waals surface area contributed by atoms with Crippen molar-refractivity contribution in [1.82, 2.24) is 14.9 Å². The van der Waals surface area contributed by atoms with Gasteiger partial charge in [0.2, 0.25) is 10.0 Å². The van der Waals surface area contributed by atoms with Crippen molar-refractivity contribution in [3.8, 4) is 0 Å². The van der Waals surface area contributed by atoms with Gasteiger partial charge in [-0.05, 0) is 31.5 Å². The fourth-order valence-electron chi connectivity index (χ4n) is 2.56. The molecule has 0 spiro atoms. The van der Waals surface area contributed by atoms with Crippen molar-refractivity contribution in [2.75, 3.05) is 26.2 Å². The molecule has 0 aromatic heterocycles. The van der Waals surface area contributed by atoms with Crippen LogP contribution in [0.25, 0.3) is 0 Å². The van der Waals surface area contributed by atoms with Crippen LogP contribution in [0.4, 0.5) is 0 Å². The summed E-state index contributed by atoms with van der Waals surface area (Å²) in [6.45, 7) is 7.90. The maximum absolute atomic E-state index is 12.7. The van der Waals surface area contributed by atoms with Gasteiger partial charge < -0.3 is 10.2 Å². The van der Waals surface area contributed by atoms with Gasteiger partial charge in [0, 0.05) is 37.8 Å². The molecule has 1 aliphatic rings. The van der Waals surface area contributed by atoms with Crippen LogP contribution in [0.1, 0.15) is 29.8 Å². The fourth-order valence-corrected chi connectivity index (χ4v) is 3.63. The highest BCUT2D eigenvalue weighted by Crippen LogP contribution is 2.18. The molecule has 7 heteroatoms. The van der Waals surface area contributed by atoms with Crippen LogP contribution in [0.5, 0.6) is 0 Å². The summed E-state index contributed by atoms with van der Waals surface area (Å²) in [6.07, 6.45) is 0. The standard InChI is InChI=1S/C15H23N3O3S/c1-4-17-22(20,21)13-6-5-11(2)14(9-13)15(19)18-8-7-16-12(3)10-18/h5-6,9,12,16-17H,4,7-8,10H2,1-3H3. The first-order chi connectivity index (χ1) is 10.3. The second-order valence-electron chi connectivity index (χ2n) is 5.58. The largest absolute Gasteiger partial charge is 0.336 e. The first kappa shape index (κ1) is 16.9. The van der Waals surface area contributed by atoms with Crippen LogP contribution >= 0.6 is 0 Å². The topological polar surface area (TPSA) is 78.5 Å². The van der Waals surface area contributed by atoms with E-state index < -0.39 is 10.0 Å². The smallest absolute Gasteiger partial charge is 0.254 e. The van der Waals surface area contributed by atoms with Crippen molar-refractivity contribution in [2.45, 2.75) is 31.7 Å². The van der Waals surface area contributed by atoms with Gasteiger partial charge in [-0.1, -0.05) is 13.0 Å². The summed E-state index contributed by atoms with van der Waals surface area (Å²) in [5, 5.41) is 3.29. The van der Waals surface area contributed by atoms with E-state index in [-0.39, 0.29) is 16.8 Å². The van der Waals surface area contributed by atoms with Crippen molar-refractivity contribution >= 4 is 15.9 Å². The van der Waals surface area contributed by atoms with Gasteiger partial charge in [-0.15, -0.1) is 0 Å². The van der Waals surface area contributed by atoms with Gasteiger partial charge in [0.05, 0.1) is 4.90 Å². The zero-order valence-electron chi connectivity index (χ0n) is 13.2. The molecule has 1 aromatic rings. The number of nitrogens with zero attached hydrogens (tertiary/aromatic N) is 1. The highest BCUT2D eigenvalue weighted by molar-refractivity contribution is 7.89. The molecule has 1 unspecified atom stereocenters. The summed E-state index contributed by atoms with van der Waals surface area (Å²) in [6, 6.07) is 4.93. The number of sulfonamides is 1. The lowest BCUT2D eigenvalue weighted by Crippen LogP contribution is -2.51. The van der Waals surface area contributed by atoms with Crippen LogP contribution in [0.3, 0.4) is 0 Å². The van der Waals surface area contributed by atoms with Gasteiger partial charge in [0.15, 0.2) is 0 Å². The molecule has 1 aliphatic heterocycles. The van der Waals surface area contributed by atoms with Gasteiger partial charge in [-0.2, -0.15) is 0 Å². The zero-order valence-corrected chi connectivity index (χ0v) is 14.0. The lowest BCUT2D eigenvalue weighted by Gasteiger charge is -2.32. The van der Waals surface area contributed by atoms with Crippen LogP contribution in [0, 0.1) is 6.92 Å². The molecule has 1 saturated heterocycles. The second-order valence-corrected chi connectivity index (χ2v) is 7.35. The summed E-state index contributed by atoms with van der Waals surface area (Å²) in [7, 11) is -3.56. The molecule has 1 atom stereocenters. The van der Waals surface area contributed by atoms with Gasteiger partial charge in [-0.3, -0.25) is 4.79 Å². The summed E-state index contributed by atoms with van der Waals surface area (Å²) in [4.78, 5) is 14.6. The number of piperazine rings is 1. The number of nitrogens with one attached hydrogen (secondary N) is 2. The fraction of sp³-hybridized carbons (Fsp3) is 0.533. The molecule has 0 aliphatic carbocycles. The Morgan fingerprint density at radius 3 is 2.82 bits per heavy atom. The lowest BCUT2D eigenvalue weighted by atomic mass is 10.1. The van der Waals surface area contributed by atoms with Crippen LogP contribution in [-0.4, -0.2) is 51.4 Å². The van der Waals surface area contributed by atoms with E-state index in [1.807, 2.05) is 13.8 Å². The summed E-state index contributed by atoms with van der Waals surface area (Å²) in [5.41, 5.74) is 1.24. The van der Waals surface area contributed by atoms with E-state index in [1.54, 1.807) is 17.9 Å². The molecule has 0 radical (unpaired) electrons. The maximum Gasteiger partial charge on any atom is 0.254 e. The van der Waals surface area contributed by atoms with Crippen molar-refractivity contribution < 1.29 is 13.2 Å². The Balaban J connectivity index is 2.32. The average molecular weight is 325 g/mol. The van der Waals surface area contributed by atoms with E-state index >= 15 is 0 Å². The molecule has 0 saturated carbocycles. The van der Waals surface area contributed by atoms with Crippen molar-refractivity contribution in [1.29, 1.82) is 0 Å². The third kappa shape index (κ3) is 3.66. The Labute approximate surface area is 131 Å². The SMILES string of the molecule is CCNS(=O)(=O)c1ccc(C)c(C(=O)N2CCNC(C)C2)c1. The summed E-state index contributed by atoms with van der Waals surface area (Å²) < 4.78 is 26.6. The van der Waals surface area contributed by atoms with E-state index in [1.165, 1.54) is 12.1 Å². The van der Waals surface area contributed by atoms with Crippen LogP contribution in [0.2, 0.25) is 0 Å². The Morgan fingerprint density at radius 2 is 2.18 bits per heavy atom. The first-order valence-electron chi connectivity index (χ1n) is 7.48. The van der Waals surface area contributed by atoms with Crippen molar-refractivity contribution in [3.63, 3.8) is 0 Å². The van der Waals surface area contributed by atoms with Gasteiger partial charge in [0.1, 0.15) is 0 Å². The summed E-state index contributed by atoms with van der Waals surface area (Å²) >= 11 is 0. The minimum absolute atomic E-state index is 0.112. The molecular weight excluding hydrogens is 302 g/mol. The number of aryl methyl sites for hydroxylation is 1.